The summed E-state index contributed by atoms with van der Waals surface area (Å²) < 4.78 is 5.18. The summed E-state index contributed by atoms with van der Waals surface area (Å²) >= 11 is 6.16. The number of nitrogens with one attached hydrogen (secondary N) is 1. The van der Waals surface area contributed by atoms with E-state index in [2.05, 4.69) is 20.6 Å². The molecule has 0 radical (unpaired) electrons. The van der Waals surface area contributed by atoms with Gasteiger partial charge in [0.15, 0.2) is 0 Å². The molecule has 8 nitrogen and oxygen atoms in total. The highest BCUT2D eigenvalue weighted by atomic mass is 35.5. The van der Waals surface area contributed by atoms with E-state index in [-0.39, 0.29) is 30.4 Å². The quantitative estimate of drug-likeness (QED) is 0.705. The van der Waals surface area contributed by atoms with Gasteiger partial charge in [0.2, 0.25) is 18.2 Å². The van der Waals surface area contributed by atoms with Crippen molar-refractivity contribution in [1.29, 1.82) is 0 Å². The summed E-state index contributed by atoms with van der Waals surface area (Å²) in [7, 11) is 0. The van der Waals surface area contributed by atoms with Crippen molar-refractivity contribution in [3.05, 3.63) is 59.4 Å². The van der Waals surface area contributed by atoms with Crippen LogP contribution in [0.5, 0.6) is 0 Å². The lowest BCUT2D eigenvalue weighted by atomic mass is 10.1. The zero-order chi connectivity index (χ0) is 20.4. The number of halogens is 1. The number of hydrogen-bond acceptors (Lipinski definition) is 6. The van der Waals surface area contributed by atoms with Gasteiger partial charge in [-0.2, -0.15) is 5.10 Å². The first-order chi connectivity index (χ1) is 14.0. The number of hydrazone groups is 1. The van der Waals surface area contributed by atoms with Crippen LogP contribution in [-0.4, -0.2) is 27.7 Å². The molecule has 146 valence electrons. The fraction of sp³-hybridized carbons (Fsp3) is 0.150. The van der Waals surface area contributed by atoms with Gasteiger partial charge in [-0.1, -0.05) is 23.7 Å². The van der Waals surface area contributed by atoms with Crippen molar-refractivity contribution in [1.82, 2.24) is 10.2 Å². The van der Waals surface area contributed by atoms with Gasteiger partial charge in [0.05, 0.1) is 5.69 Å². The third kappa shape index (κ3) is 4.02. The topological polar surface area (TPSA) is 101 Å². The number of carbonyl (C=O) groups is 2. The van der Waals surface area contributed by atoms with Gasteiger partial charge in [0.25, 0.3) is 5.91 Å². The number of anilines is 2. The van der Waals surface area contributed by atoms with Crippen molar-refractivity contribution < 1.29 is 14.0 Å². The molecule has 1 aliphatic rings. The van der Waals surface area contributed by atoms with Gasteiger partial charge in [-0.05, 0) is 42.8 Å². The lowest BCUT2D eigenvalue weighted by molar-refractivity contribution is -0.118. The minimum atomic E-state index is -0.386. The first-order valence-electron chi connectivity index (χ1n) is 8.86. The van der Waals surface area contributed by atoms with Gasteiger partial charge in [-0.3, -0.25) is 9.59 Å². The average molecular weight is 410 g/mol. The Labute approximate surface area is 171 Å². The van der Waals surface area contributed by atoms with Crippen LogP contribution in [0.4, 0.5) is 11.4 Å². The van der Waals surface area contributed by atoms with Crippen molar-refractivity contribution in [3.8, 4) is 11.5 Å². The Morgan fingerprint density at radius 1 is 1.21 bits per heavy atom. The van der Waals surface area contributed by atoms with E-state index in [0.29, 0.717) is 27.9 Å². The highest BCUT2D eigenvalue weighted by Gasteiger charge is 2.26. The van der Waals surface area contributed by atoms with E-state index in [1.807, 2.05) is 6.92 Å². The van der Waals surface area contributed by atoms with Crippen LogP contribution in [0.15, 0.2) is 58.4 Å². The van der Waals surface area contributed by atoms with E-state index in [0.717, 1.165) is 5.56 Å². The Morgan fingerprint density at radius 2 is 2.07 bits per heavy atom. The SMILES string of the molecule is Cc1ccc(N2N=C(C(=O)Nc3cccc(-c4nnco4)c3)CCC2=O)cc1Cl. The molecule has 0 saturated carbocycles. The van der Waals surface area contributed by atoms with E-state index in [1.165, 1.54) is 11.4 Å². The lowest BCUT2D eigenvalue weighted by Gasteiger charge is -2.23. The normalized spacial score (nSPS) is 13.9. The Balaban J connectivity index is 1.56. The Kier molecular flexibility index (Phi) is 5.09. The number of aromatic nitrogens is 2. The largest absolute Gasteiger partial charge is 0.423 e. The molecule has 2 amide bonds. The van der Waals surface area contributed by atoms with E-state index in [1.54, 1.807) is 42.5 Å². The summed E-state index contributed by atoms with van der Waals surface area (Å²) in [5, 5.41) is 16.3. The minimum Gasteiger partial charge on any atom is -0.423 e. The second kappa shape index (κ2) is 7.84. The zero-order valence-electron chi connectivity index (χ0n) is 15.4. The zero-order valence-corrected chi connectivity index (χ0v) is 16.2. The second-order valence-electron chi connectivity index (χ2n) is 6.46. The van der Waals surface area contributed by atoms with Crippen LogP contribution in [0.3, 0.4) is 0 Å². The number of aryl methyl sites for hydroxylation is 1. The molecule has 1 aliphatic heterocycles. The average Bonchev–Trinajstić information content (AvgIpc) is 3.26. The van der Waals surface area contributed by atoms with Crippen LogP contribution in [0, 0.1) is 6.92 Å². The Hall–Kier alpha value is -3.52. The first kappa shape index (κ1) is 18.8. The number of rotatable bonds is 4. The standard InChI is InChI=1S/C20H16ClN5O3/c1-12-5-6-15(10-16(12)21)26-18(27)8-7-17(25-26)19(28)23-14-4-2-3-13(9-14)20-24-22-11-29-20/h2-6,9-11H,7-8H2,1H3,(H,23,28). The van der Waals surface area contributed by atoms with Crippen LogP contribution in [0.1, 0.15) is 18.4 Å². The molecule has 29 heavy (non-hydrogen) atoms. The molecule has 0 fully saturated rings. The molecule has 2 aromatic carbocycles. The number of benzene rings is 2. The van der Waals surface area contributed by atoms with Crippen molar-refractivity contribution in [2.24, 2.45) is 5.10 Å². The third-order valence-electron chi connectivity index (χ3n) is 4.42. The first-order valence-corrected chi connectivity index (χ1v) is 9.23. The molecule has 2 heterocycles. The van der Waals surface area contributed by atoms with Crippen LogP contribution >= 0.6 is 11.6 Å². The molecule has 1 N–H and O–H groups in total. The molecule has 3 aromatic rings. The van der Waals surface area contributed by atoms with Gasteiger partial charge in [0, 0.05) is 29.1 Å². The van der Waals surface area contributed by atoms with Gasteiger partial charge >= 0.3 is 0 Å². The van der Waals surface area contributed by atoms with E-state index in [9.17, 15) is 9.59 Å². The summed E-state index contributed by atoms with van der Waals surface area (Å²) in [4.78, 5) is 25.0. The van der Waals surface area contributed by atoms with E-state index < -0.39 is 0 Å². The van der Waals surface area contributed by atoms with Crippen LogP contribution in [-0.2, 0) is 9.59 Å². The van der Waals surface area contributed by atoms with Crippen molar-refractivity contribution >= 4 is 40.5 Å². The van der Waals surface area contributed by atoms with Gasteiger partial charge in [-0.15, -0.1) is 10.2 Å². The van der Waals surface area contributed by atoms with Gasteiger partial charge in [-0.25, -0.2) is 5.01 Å². The summed E-state index contributed by atoms with van der Waals surface area (Å²) in [6.07, 6.45) is 1.67. The molecule has 0 bridgehead atoms. The highest BCUT2D eigenvalue weighted by molar-refractivity contribution is 6.44. The van der Waals surface area contributed by atoms with Crippen molar-refractivity contribution in [2.75, 3.05) is 10.3 Å². The number of nitrogens with zero attached hydrogens (tertiary/aromatic N) is 4. The van der Waals surface area contributed by atoms with Crippen LogP contribution in [0.2, 0.25) is 5.02 Å². The molecule has 0 atom stereocenters. The fourth-order valence-corrected chi connectivity index (χ4v) is 3.04. The Morgan fingerprint density at radius 3 is 2.83 bits per heavy atom. The fourth-order valence-electron chi connectivity index (χ4n) is 2.86. The third-order valence-corrected chi connectivity index (χ3v) is 4.83. The van der Waals surface area contributed by atoms with Crippen molar-refractivity contribution in [3.63, 3.8) is 0 Å². The molecule has 9 heteroatoms. The number of amides is 2. The monoisotopic (exact) mass is 409 g/mol. The predicted octanol–water partition coefficient (Wildman–Crippen LogP) is 3.82. The van der Waals surface area contributed by atoms with E-state index >= 15 is 0 Å². The summed E-state index contributed by atoms with van der Waals surface area (Å²) in [6, 6.07) is 12.2. The summed E-state index contributed by atoms with van der Waals surface area (Å²) in [5.41, 5.74) is 2.90. The maximum absolute atomic E-state index is 12.7. The number of hydrogen-bond donors (Lipinski definition) is 1. The molecule has 0 aliphatic carbocycles. The molecular formula is C20H16ClN5O3. The summed E-state index contributed by atoms with van der Waals surface area (Å²) in [5.74, 6) is -0.229. The number of carbonyl (C=O) groups excluding carboxylic acids is 2. The van der Waals surface area contributed by atoms with Crippen LogP contribution in [0.25, 0.3) is 11.5 Å². The van der Waals surface area contributed by atoms with Crippen LogP contribution < -0.4 is 10.3 Å². The van der Waals surface area contributed by atoms with E-state index in [4.69, 9.17) is 16.0 Å². The maximum atomic E-state index is 12.7. The van der Waals surface area contributed by atoms with Crippen molar-refractivity contribution in [2.45, 2.75) is 19.8 Å². The highest BCUT2D eigenvalue weighted by Crippen LogP contribution is 2.26. The molecule has 4 rings (SSSR count). The molecular weight excluding hydrogens is 394 g/mol. The lowest BCUT2D eigenvalue weighted by Crippen LogP contribution is -2.36. The molecule has 1 aromatic heterocycles. The Bertz CT molecular complexity index is 1110. The smallest absolute Gasteiger partial charge is 0.271 e. The molecule has 0 spiro atoms. The predicted molar refractivity (Wildman–Crippen MR) is 109 cm³/mol. The van der Waals surface area contributed by atoms with Gasteiger partial charge in [0.1, 0.15) is 5.71 Å². The molecule has 0 unspecified atom stereocenters. The maximum Gasteiger partial charge on any atom is 0.271 e. The molecule has 0 saturated heterocycles. The second-order valence-corrected chi connectivity index (χ2v) is 6.87. The minimum absolute atomic E-state index is 0.180. The summed E-state index contributed by atoms with van der Waals surface area (Å²) in [6.45, 7) is 1.87. The van der Waals surface area contributed by atoms with Gasteiger partial charge < -0.3 is 9.73 Å².